The summed E-state index contributed by atoms with van der Waals surface area (Å²) < 4.78 is 60.3. The van der Waals surface area contributed by atoms with Crippen LogP contribution < -0.4 is 14.4 Å². The predicted molar refractivity (Wildman–Crippen MR) is 138 cm³/mol. The van der Waals surface area contributed by atoms with Gasteiger partial charge in [-0.3, -0.25) is 9.10 Å². The van der Waals surface area contributed by atoms with Gasteiger partial charge in [0, 0.05) is 11.8 Å². The zero-order valence-electron chi connectivity index (χ0n) is 19.9. The standard InChI is InChI=1S/C28H24F2N2O4S/c1-20-7-14-25(15-8-20)37(34,35)32(18-21-5-3-2-4-6-21)23-10-12-24(13-11-23)36-19-28(33)31-22-9-16-26(29)27(30)17-22/h2-17H,18-19H2,1H3,(H,31,33). The predicted octanol–water partition coefficient (Wildman–Crippen LogP) is 5.69. The maximum atomic E-state index is 13.6. The molecule has 0 aliphatic heterocycles. The van der Waals surface area contributed by atoms with Crippen LogP contribution >= 0.6 is 0 Å². The topological polar surface area (TPSA) is 75.7 Å². The summed E-state index contributed by atoms with van der Waals surface area (Å²) in [4.78, 5) is 12.3. The fourth-order valence-corrected chi connectivity index (χ4v) is 4.98. The molecule has 0 fully saturated rings. The molecule has 4 aromatic rings. The molecule has 1 amide bonds. The molecule has 6 nitrogen and oxygen atoms in total. The Hall–Kier alpha value is -4.24. The molecule has 4 aromatic carbocycles. The molecule has 0 bridgehead atoms. The number of benzene rings is 4. The van der Waals surface area contributed by atoms with Gasteiger partial charge in [-0.05, 0) is 61.0 Å². The van der Waals surface area contributed by atoms with Crippen molar-refractivity contribution in [3.05, 3.63) is 120 Å². The molecule has 0 aliphatic rings. The van der Waals surface area contributed by atoms with Crippen molar-refractivity contribution >= 4 is 27.3 Å². The number of hydrogen-bond acceptors (Lipinski definition) is 4. The van der Waals surface area contributed by atoms with Gasteiger partial charge in [0.15, 0.2) is 18.2 Å². The van der Waals surface area contributed by atoms with E-state index in [2.05, 4.69) is 5.32 Å². The van der Waals surface area contributed by atoms with Gasteiger partial charge in [-0.15, -0.1) is 0 Å². The first-order valence-electron chi connectivity index (χ1n) is 11.3. The van der Waals surface area contributed by atoms with Crippen molar-refractivity contribution < 1.29 is 26.7 Å². The maximum absolute atomic E-state index is 13.6. The molecule has 0 radical (unpaired) electrons. The van der Waals surface area contributed by atoms with E-state index in [0.29, 0.717) is 11.4 Å². The lowest BCUT2D eigenvalue weighted by Gasteiger charge is -2.25. The van der Waals surface area contributed by atoms with Gasteiger partial charge in [0.05, 0.1) is 17.1 Å². The van der Waals surface area contributed by atoms with E-state index in [1.165, 1.54) is 10.4 Å². The number of carbonyl (C=O) groups excluding carboxylic acids is 1. The van der Waals surface area contributed by atoms with Crippen molar-refractivity contribution in [3.63, 3.8) is 0 Å². The highest BCUT2D eigenvalue weighted by atomic mass is 32.2. The Kier molecular flexibility index (Phi) is 7.83. The van der Waals surface area contributed by atoms with Gasteiger partial charge in [-0.1, -0.05) is 48.0 Å². The minimum atomic E-state index is -3.88. The van der Waals surface area contributed by atoms with Crippen molar-refractivity contribution in [2.24, 2.45) is 0 Å². The van der Waals surface area contributed by atoms with Gasteiger partial charge in [-0.25, -0.2) is 17.2 Å². The van der Waals surface area contributed by atoms with Gasteiger partial charge in [0.2, 0.25) is 0 Å². The Morgan fingerprint density at radius 1 is 0.865 bits per heavy atom. The number of hydrogen-bond donors (Lipinski definition) is 1. The van der Waals surface area contributed by atoms with Crippen molar-refractivity contribution in [2.75, 3.05) is 16.2 Å². The van der Waals surface area contributed by atoms with Crippen molar-refractivity contribution in [3.8, 4) is 5.75 Å². The summed E-state index contributed by atoms with van der Waals surface area (Å²) in [6.07, 6.45) is 0. The number of anilines is 2. The monoisotopic (exact) mass is 522 g/mol. The summed E-state index contributed by atoms with van der Waals surface area (Å²) >= 11 is 0. The number of halogens is 2. The van der Waals surface area contributed by atoms with E-state index in [0.717, 1.165) is 23.3 Å². The van der Waals surface area contributed by atoms with Crippen LogP contribution in [0.3, 0.4) is 0 Å². The van der Waals surface area contributed by atoms with Crippen LogP contribution in [-0.4, -0.2) is 20.9 Å². The van der Waals surface area contributed by atoms with Gasteiger partial charge in [-0.2, -0.15) is 0 Å². The van der Waals surface area contributed by atoms with Crippen LogP contribution in [0.2, 0.25) is 0 Å². The highest BCUT2D eigenvalue weighted by Crippen LogP contribution is 2.28. The third-order valence-corrected chi connectivity index (χ3v) is 7.26. The quantitative estimate of drug-likeness (QED) is 0.307. The second-order valence-electron chi connectivity index (χ2n) is 8.27. The molecule has 1 N–H and O–H groups in total. The molecule has 0 unspecified atom stereocenters. The molecule has 9 heteroatoms. The third-order valence-electron chi connectivity index (χ3n) is 5.48. The van der Waals surface area contributed by atoms with Crippen LogP contribution in [0.5, 0.6) is 5.75 Å². The Labute approximate surface area is 214 Å². The lowest BCUT2D eigenvalue weighted by molar-refractivity contribution is -0.118. The molecule has 0 aromatic heterocycles. The number of amides is 1. The molecule has 0 aliphatic carbocycles. The van der Waals surface area contributed by atoms with Crippen LogP contribution in [-0.2, 0) is 21.4 Å². The minimum Gasteiger partial charge on any atom is -0.484 e. The molecule has 37 heavy (non-hydrogen) atoms. The van der Waals surface area contributed by atoms with E-state index < -0.39 is 27.6 Å². The summed E-state index contributed by atoms with van der Waals surface area (Å²) in [5, 5.41) is 2.42. The maximum Gasteiger partial charge on any atom is 0.264 e. The molecule has 0 heterocycles. The normalized spacial score (nSPS) is 11.1. The second-order valence-corrected chi connectivity index (χ2v) is 10.1. The van der Waals surface area contributed by atoms with Crippen molar-refractivity contribution in [1.82, 2.24) is 0 Å². The van der Waals surface area contributed by atoms with E-state index in [4.69, 9.17) is 4.74 Å². The number of carbonyl (C=O) groups is 1. The number of rotatable bonds is 9. The van der Waals surface area contributed by atoms with Gasteiger partial charge < -0.3 is 10.1 Å². The Bertz CT molecular complexity index is 1480. The molecular formula is C28H24F2N2O4S. The fraction of sp³-hybridized carbons (Fsp3) is 0.107. The molecule has 0 saturated heterocycles. The molecule has 4 rings (SSSR count). The largest absolute Gasteiger partial charge is 0.484 e. The van der Waals surface area contributed by atoms with E-state index in [9.17, 15) is 22.0 Å². The first-order valence-corrected chi connectivity index (χ1v) is 12.8. The van der Waals surface area contributed by atoms with E-state index in [1.54, 1.807) is 48.5 Å². The van der Waals surface area contributed by atoms with Crippen molar-refractivity contribution in [2.45, 2.75) is 18.4 Å². The first-order chi connectivity index (χ1) is 17.7. The minimum absolute atomic E-state index is 0.0979. The molecule has 190 valence electrons. The molecular weight excluding hydrogens is 498 g/mol. The summed E-state index contributed by atoms with van der Waals surface area (Å²) in [6, 6.07) is 25.2. The Morgan fingerprint density at radius 3 is 2.19 bits per heavy atom. The highest BCUT2D eigenvalue weighted by molar-refractivity contribution is 7.92. The smallest absolute Gasteiger partial charge is 0.264 e. The van der Waals surface area contributed by atoms with E-state index >= 15 is 0 Å². The first kappa shape index (κ1) is 25.8. The highest BCUT2D eigenvalue weighted by Gasteiger charge is 2.25. The average molecular weight is 523 g/mol. The van der Waals surface area contributed by atoms with Gasteiger partial charge in [0.1, 0.15) is 5.75 Å². The molecule has 0 atom stereocenters. The zero-order valence-corrected chi connectivity index (χ0v) is 20.7. The fourth-order valence-electron chi connectivity index (χ4n) is 3.53. The number of nitrogens with one attached hydrogen (secondary N) is 1. The summed E-state index contributed by atoms with van der Waals surface area (Å²) in [7, 11) is -3.88. The third kappa shape index (κ3) is 6.50. The van der Waals surface area contributed by atoms with Crippen LogP contribution in [0.4, 0.5) is 20.2 Å². The lowest BCUT2D eigenvalue weighted by atomic mass is 10.2. The Balaban J connectivity index is 1.50. The van der Waals surface area contributed by atoms with Crippen LogP contribution in [0.25, 0.3) is 0 Å². The summed E-state index contributed by atoms with van der Waals surface area (Å²) in [5.74, 6) is -2.32. The van der Waals surface area contributed by atoms with E-state index in [1.807, 2.05) is 37.3 Å². The van der Waals surface area contributed by atoms with Gasteiger partial charge >= 0.3 is 0 Å². The number of ether oxygens (including phenoxy) is 1. The summed E-state index contributed by atoms with van der Waals surface area (Å²) in [5.41, 5.74) is 2.28. The molecule has 0 spiro atoms. The molecule has 0 saturated carbocycles. The van der Waals surface area contributed by atoms with Crippen LogP contribution in [0, 0.1) is 18.6 Å². The van der Waals surface area contributed by atoms with Gasteiger partial charge in [0.25, 0.3) is 15.9 Å². The average Bonchev–Trinajstić information content (AvgIpc) is 2.89. The van der Waals surface area contributed by atoms with Crippen LogP contribution in [0.15, 0.2) is 102 Å². The number of nitrogens with zero attached hydrogens (tertiary/aromatic N) is 1. The second kappa shape index (κ2) is 11.2. The van der Waals surface area contributed by atoms with Crippen LogP contribution in [0.1, 0.15) is 11.1 Å². The number of sulfonamides is 1. The lowest BCUT2D eigenvalue weighted by Crippen LogP contribution is -2.30. The Morgan fingerprint density at radius 2 is 1.54 bits per heavy atom. The van der Waals surface area contributed by atoms with E-state index in [-0.39, 0.29) is 23.7 Å². The zero-order chi connectivity index (χ0) is 26.4. The van der Waals surface area contributed by atoms with Crippen molar-refractivity contribution in [1.29, 1.82) is 0 Å². The SMILES string of the molecule is Cc1ccc(S(=O)(=O)N(Cc2ccccc2)c2ccc(OCC(=O)Nc3ccc(F)c(F)c3)cc2)cc1. The summed E-state index contributed by atoms with van der Waals surface area (Å²) in [6.45, 7) is 1.62. The number of aryl methyl sites for hydroxylation is 1.